The van der Waals surface area contributed by atoms with E-state index in [0.29, 0.717) is 13.2 Å². The number of nitrogens with one attached hydrogen (secondary N) is 1. The molecule has 1 aromatic carbocycles. The smallest absolute Gasteiger partial charge is 0.105 e. The van der Waals surface area contributed by atoms with Gasteiger partial charge in [-0.1, -0.05) is 35.5 Å². The summed E-state index contributed by atoms with van der Waals surface area (Å²) in [5.41, 5.74) is 3.59. The van der Waals surface area contributed by atoms with Gasteiger partial charge >= 0.3 is 0 Å². The lowest BCUT2D eigenvalue weighted by Crippen LogP contribution is -2.33. The highest BCUT2D eigenvalue weighted by Crippen LogP contribution is 2.31. The molecule has 1 fully saturated rings. The van der Waals surface area contributed by atoms with Crippen LogP contribution in [0.3, 0.4) is 0 Å². The lowest BCUT2D eigenvalue weighted by atomic mass is 10.1. The fourth-order valence-electron chi connectivity index (χ4n) is 3.03. The molecule has 0 saturated heterocycles. The van der Waals surface area contributed by atoms with E-state index in [2.05, 4.69) is 32.4 Å². The Balaban J connectivity index is 0.00000156. The largest absolute Gasteiger partial charge is 0.375 e. The number of aromatic nitrogens is 3. The molecule has 2 aliphatic rings. The molecule has 4 rings (SSSR count). The maximum atomic E-state index is 5.88. The van der Waals surface area contributed by atoms with E-state index in [1.807, 2.05) is 18.2 Å². The van der Waals surface area contributed by atoms with Crippen molar-refractivity contribution in [3.8, 4) is 0 Å². The Kier molecular flexibility index (Phi) is 5.30. The van der Waals surface area contributed by atoms with Crippen LogP contribution in [0.1, 0.15) is 35.8 Å². The second-order valence-corrected chi connectivity index (χ2v) is 6.30. The zero-order valence-corrected chi connectivity index (χ0v) is 14.0. The maximum absolute atomic E-state index is 5.88. The van der Waals surface area contributed by atoms with Crippen molar-refractivity contribution in [1.29, 1.82) is 0 Å². The number of hydrogen-bond acceptors (Lipinski definition) is 4. The molecule has 1 aliphatic heterocycles. The molecule has 2 heterocycles. The van der Waals surface area contributed by atoms with Gasteiger partial charge in [-0.15, -0.1) is 17.5 Å². The molecule has 1 saturated carbocycles. The number of nitrogens with zero attached hydrogens (tertiary/aromatic N) is 3. The van der Waals surface area contributed by atoms with Gasteiger partial charge in [0, 0.05) is 19.5 Å². The van der Waals surface area contributed by atoms with Crippen LogP contribution in [0.5, 0.6) is 0 Å². The average molecular weight is 335 g/mol. The van der Waals surface area contributed by atoms with E-state index in [1.54, 1.807) is 0 Å². The first kappa shape index (κ1) is 16.4. The van der Waals surface area contributed by atoms with E-state index < -0.39 is 0 Å². The van der Waals surface area contributed by atoms with Crippen molar-refractivity contribution in [3.63, 3.8) is 0 Å². The Morgan fingerprint density at radius 2 is 2.04 bits per heavy atom. The van der Waals surface area contributed by atoms with E-state index in [4.69, 9.17) is 4.74 Å². The fourth-order valence-corrected chi connectivity index (χ4v) is 3.03. The summed E-state index contributed by atoms with van der Waals surface area (Å²) < 4.78 is 8.00. The first-order chi connectivity index (χ1) is 10.9. The molecule has 6 heteroatoms. The normalized spacial score (nSPS) is 19.9. The van der Waals surface area contributed by atoms with Crippen LogP contribution in [0.2, 0.25) is 0 Å². The second kappa shape index (κ2) is 7.43. The highest BCUT2D eigenvalue weighted by atomic mass is 35.5. The molecule has 1 unspecified atom stereocenters. The lowest BCUT2D eigenvalue weighted by molar-refractivity contribution is 0.0957. The van der Waals surface area contributed by atoms with E-state index in [9.17, 15) is 0 Å². The quantitative estimate of drug-likeness (QED) is 0.882. The minimum Gasteiger partial charge on any atom is -0.375 e. The third-order valence-electron chi connectivity index (χ3n) is 4.47. The van der Waals surface area contributed by atoms with Crippen LogP contribution >= 0.6 is 12.4 Å². The first-order valence-corrected chi connectivity index (χ1v) is 8.17. The predicted molar refractivity (Wildman–Crippen MR) is 90.5 cm³/mol. The summed E-state index contributed by atoms with van der Waals surface area (Å²) >= 11 is 0. The van der Waals surface area contributed by atoms with Crippen LogP contribution in [0, 0.1) is 5.92 Å². The molecule has 0 radical (unpaired) electrons. The van der Waals surface area contributed by atoms with Gasteiger partial charge in [0.05, 0.1) is 24.9 Å². The maximum Gasteiger partial charge on any atom is 0.105 e. The van der Waals surface area contributed by atoms with Crippen LogP contribution in [0.15, 0.2) is 30.3 Å². The molecule has 1 N–H and O–H groups in total. The lowest BCUT2D eigenvalue weighted by Gasteiger charge is -2.23. The molecule has 124 valence electrons. The van der Waals surface area contributed by atoms with Crippen molar-refractivity contribution in [3.05, 3.63) is 47.3 Å². The monoisotopic (exact) mass is 334 g/mol. The van der Waals surface area contributed by atoms with Gasteiger partial charge < -0.3 is 10.1 Å². The molecule has 1 aromatic heterocycles. The van der Waals surface area contributed by atoms with Crippen LogP contribution < -0.4 is 5.32 Å². The molecule has 1 atom stereocenters. The summed E-state index contributed by atoms with van der Waals surface area (Å²) in [6.07, 6.45) is 3.71. The van der Waals surface area contributed by atoms with Gasteiger partial charge in [0.25, 0.3) is 0 Å². The van der Waals surface area contributed by atoms with Crippen molar-refractivity contribution >= 4 is 12.4 Å². The zero-order chi connectivity index (χ0) is 14.8. The minimum absolute atomic E-state index is 0. The Hall–Kier alpha value is -1.43. The number of fused-ring (bicyclic) bond motifs is 1. The van der Waals surface area contributed by atoms with E-state index in [0.717, 1.165) is 31.1 Å². The van der Waals surface area contributed by atoms with Gasteiger partial charge in [-0.2, -0.15) is 0 Å². The van der Waals surface area contributed by atoms with Gasteiger partial charge in [0.2, 0.25) is 0 Å². The topological polar surface area (TPSA) is 52.0 Å². The number of rotatable bonds is 6. The Labute approximate surface area is 142 Å². The zero-order valence-electron chi connectivity index (χ0n) is 13.1. The van der Waals surface area contributed by atoms with Crippen molar-refractivity contribution < 1.29 is 4.74 Å². The minimum atomic E-state index is 0. The molecule has 0 spiro atoms. The Bertz CT molecular complexity index is 627. The third-order valence-corrected chi connectivity index (χ3v) is 4.47. The summed E-state index contributed by atoms with van der Waals surface area (Å²) in [7, 11) is 0. The summed E-state index contributed by atoms with van der Waals surface area (Å²) in [6.45, 7) is 3.30. The molecule has 2 aromatic rings. The number of benzene rings is 1. The number of ether oxygens (including phenoxy) is 1. The first-order valence-electron chi connectivity index (χ1n) is 8.17. The SMILES string of the molecule is Cl.c1ccc(COCC2NCCc3c2nnn3CC2CC2)cc1. The molecular weight excluding hydrogens is 312 g/mol. The molecular formula is C17H23ClN4O. The molecule has 0 bridgehead atoms. The highest BCUT2D eigenvalue weighted by molar-refractivity contribution is 5.85. The summed E-state index contributed by atoms with van der Waals surface area (Å²) in [4.78, 5) is 0. The van der Waals surface area contributed by atoms with Gasteiger partial charge in [0.1, 0.15) is 5.69 Å². The average Bonchev–Trinajstić information content (AvgIpc) is 3.28. The summed E-state index contributed by atoms with van der Waals surface area (Å²) in [6, 6.07) is 10.5. The standard InChI is InChI=1S/C17H22N4O.ClH/c1-2-4-14(5-3-1)11-22-12-15-17-16(8-9-18-15)21(20-19-17)10-13-6-7-13;/h1-5,13,15,18H,6-12H2;1H. The van der Waals surface area contributed by atoms with Gasteiger partial charge in [-0.3, -0.25) is 0 Å². The Morgan fingerprint density at radius 1 is 1.22 bits per heavy atom. The van der Waals surface area contributed by atoms with Crippen LogP contribution in [0.25, 0.3) is 0 Å². The van der Waals surface area contributed by atoms with Crippen molar-refractivity contribution in [2.75, 3.05) is 13.2 Å². The predicted octanol–water partition coefficient (Wildman–Crippen LogP) is 2.51. The fraction of sp³-hybridized carbons (Fsp3) is 0.529. The van der Waals surface area contributed by atoms with Crippen LogP contribution in [-0.4, -0.2) is 28.1 Å². The van der Waals surface area contributed by atoms with E-state index >= 15 is 0 Å². The molecule has 1 aliphatic carbocycles. The molecule has 23 heavy (non-hydrogen) atoms. The van der Waals surface area contributed by atoms with Crippen molar-refractivity contribution in [2.24, 2.45) is 5.92 Å². The number of hydrogen-bond donors (Lipinski definition) is 1. The van der Waals surface area contributed by atoms with Gasteiger partial charge in [-0.05, 0) is 24.3 Å². The van der Waals surface area contributed by atoms with Crippen LogP contribution in [-0.2, 0) is 24.3 Å². The Morgan fingerprint density at radius 3 is 2.83 bits per heavy atom. The van der Waals surface area contributed by atoms with Gasteiger partial charge in [0.15, 0.2) is 0 Å². The van der Waals surface area contributed by atoms with Crippen LogP contribution in [0.4, 0.5) is 0 Å². The third kappa shape index (κ3) is 3.91. The van der Waals surface area contributed by atoms with Crippen molar-refractivity contribution in [1.82, 2.24) is 20.3 Å². The summed E-state index contributed by atoms with van der Waals surface area (Å²) in [5.74, 6) is 0.827. The number of halogens is 1. The van der Waals surface area contributed by atoms with E-state index in [-0.39, 0.29) is 18.4 Å². The summed E-state index contributed by atoms with van der Waals surface area (Å²) in [5, 5.41) is 12.3. The molecule has 5 nitrogen and oxygen atoms in total. The highest BCUT2D eigenvalue weighted by Gasteiger charge is 2.29. The van der Waals surface area contributed by atoms with E-state index in [1.165, 1.54) is 24.1 Å². The molecule has 0 amide bonds. The van der Waals surface area contributed by atoms with Crippen molar-refractivity contribution in [2.45, 2.75) is 38.5 Å². The second-order valence-electron chi connectivity index (χ2n) is 6.30. The van der Waals surface area contributed by atoms with Gasteiger partial charge in [-0.25, -0.2) is 4.68 Å².